The number of halogens is 2. The van der Waals surface area contributed by atoms with Crippen molar-refractivity contribution in [2.24, 2.45) is 5.41 Å². The molecule has 1 aliphatic rings. The van der Waals surface area contributed by atoms with Crippen molar-refractivity contribution in [1.82, 2.24) is 14.5 Å². The van der Waals surface area contributed by atoms with Gasteiger partial charge in [0.1, 0.15) is 17.1 Å². The van der Waals surface area contributed by atoms with E-state index in [1.165, 1.54) is 13.4 Å². The van der Waals surface area contributed by atoms with E-state index in [9.17, 15) is 4.79 Å². The second-order valence-electron chi connectivity index (χ2n) is 5.36. The van der Waals surface area contributed by atoms with Crippen molar-refractivity contribution in [2.75, 3.05) is 7.11 Å². The van der Waals surface area contributed by atoms with Gasteiger partial charge in [-0.1, -0.05) is 11.6 Å². The first-order valence-electron chi connectivity index (χ1n) is 6.21. The molecule has 20 heavy (non-hydrogen) atoms. The lowest BCUT2D eigenvalue weighted by atomic mass is 9.67. The molecule has 1 aliphatic carbocycles. The molecule has 0 amide bonds. The molecular weight excluding hydrogens is 346 g/mol. The average molecular weight is 359 g/mol. The van der Waals surface area contributed by atoms with E-state index in [1.54, 1.807) is 0 Å². The molecule has 2 aromatic heterocycles. The summed E-state index contributed by atoms with van der Waals surface area (Å²) in [6.07, 6.45) is 4.87. The Morgan fingerprint density at radius 3 is 2.90 bits per heavy atom. The molecule has 0 aliphatic heterocycles. The highest BCUT2D eigenvalue weighted by Gasteiger charge is 2.48. The first kappa shape index (κ1) is 13.8. The van der Waals surface area contributed by atoms with Crippen molar-refractivity contribution < 1.29 is 9.53 Å². The number of carbonyl (C=O) groups is 1. The van der Waals surface area contributed by atoms with Gasteiger partial charge in [0.2, 0.25) is 0 Å². The van der Waals surface area contributed by atoms with E-state index >= 15 is 0 Å². The SMILES string of the molecule is COC(=O)C1(C)CC(n2cc(Br)c3c(Cl)ncnc32)C1. The molecule has 0 aromatic carbocycles. The molecule has 2 aromatic rings. The molecule has 3 rings (SSSR count). The van der Waals surface area contributed by atoms with Crippen molar-refractivity contribution in [3.63, 3.8) is 0 Å². The van der Waals surface area contributed by atoms with Crippen LogP contribution in [0.25, 0.3) is 11.0 Å². The predicted octanol–water partition coefficient (Wildman–Crippen LogP) is 3.36. The highest BCUT2D eigenvalue weighted by molar-refractivity contribution is 9.10. The number of methoxy groups -OCH3 is 1. The van der Waals surface area contributed by atoms with Gasteiger partial charge in [-0.05, 0) is 35.7 Å². The van der Waals surface area contributed by atoms with Crippen molar-refractivity contribution in [1.29, 1.82) is 0 Å². The van der Waals surface area contributed by atoms with Gasteiger partial charge in [-0.2, -0.15) is 0 Å². The highest BCUT2D eigenvalue weighted by atomic mass is 79.9. The number of ether oxygens (including phenoxy) is 1. The second kappa shape index (κ2) is 4.70. The first-order chi connectivity index (χ1) is 9.46. The van der Waals surface area contributed by atoms with Crippen LogP contribution in [0.15, 0.2) is 17.0 Å². The Bertz CT molecular complexity index is 694. The molecule has 2 heterocycles. The molecule has 7 heteroatoms. The van der Waals surface area contributed by atoms with Crippen LogP contribution >= 0.6 is 27.5 Å². The molecule has 0 spiro atoms. The van der Waals surface area contributed by atoms with E-state index in [2.05, 4.69) is 30.5 Å². The number of esters is 1. The minimum absolute atomic E-state index is 0.156. The van der Waals surface area contributed by atoms with Crippen LogP contribution in [0.3, 0.4) is 0 Å². The summed E-state index contributed by atoms with van der Waals surface area (Å²) >= 11 is 9.59. The van der Waals surface area contributed by atoms with Crippen LogP contribution in [-0.4, -0.2) is 27.6 Å². The molecule has 1 saturated carbocycles. The van der Waals surface area contributed by atoms with E-state index in [4.69, 9.17) is 16.3 Å². The summed E-state index contributed by atoms with van der Waals surface area (Å²) < 4.78 is 7.77. The fraction of sp³-hybridized carbons (Fsp3) is 0.462. The largest absolute Gasteiger partial charge is 0.469 e. The molecular formula is C13H13BrClN3O2. The van der Waals surface area contributed by atoms with Gasteiger partial charge < -0.3 is 9.30 Å². The van der Waals surface area contributed by atoms with Gasteiger partial charge in [-0.25, -0.2) is 9.97 Å². The Balaban J connectivity index is 1.95. The van der Waals surface area contributed by atoms with Crippen LogP contribution in [0.1, 0.15) is 25.8 Å². The fourth-order valence-corrected chi connectivity index (χ4v) is 3.80. The minimum Gasteiger partial charge on any atom is -0.469 e. The number of hydrogen-bond donors (Lipinski definition) is 0. The van der Waals surface area contributed by atoms with Gasteiger partial charge in [0.15, 0.2) is 0 Å². The lowest BCUT2D eigenvalue weighted by Crippen LogP contribution is -2.43. The van der Waals surface area contributed by atoms with Crippen molar-refractivity contribution >= 4 is 44.5 Å². The number of nitrogens with zero attached hydrogens (tertiary/aromatic N) is 3. The van der Waals surface area contributed by atoms with Gasteiger partial charge in [-0.3, -0.25) is 4.79 Å². The van der Waals surface area contributed by atoms with Crippen molar-refractivity contribution in [2.45, 2.75) is 25.8 Å². The number of rotatable bonds is 2. The Hall–Kier alpha value is -1.14. The van der Waals surface area contributed by atoms with Crippen molar-refractivity contribution in [3.05, 3.63) is 22.1 Å². The normalized spacial score (nSPS) is 25.5. The molecule has 0 bridgehead atoms. The molecule has 0 radical (unpaired) electrons. The zero-order valence-corrected chi connectivity index (χ0v) is 13.4. The van der Waals surface area contributed by atoms with Gasteiger partial charge in [0.05, 0.1) is 17.9 Å². The summed E-state index contributed by atoms with van der Waals surface area (Å²) in [4.78, 5) is 20.0. The monoisotopic (exact) mass is 357 g/mol. The summed E-state index contributed by atoms with van der Waals surface area (Å²) in [6, 6.07) is 0.221. The molecule has 0 N–H and O–H groups in total. The molecule has 1 fully saturated rings. The molecule has 0 unspecified atom stereocenters. The number of carbonyl (C=O) groups excluding carboxylic acids is 1. The number of aromatic nitrogens is 3. The predicted molar refractivity (Wildman–Crippen MR) is 78.6 cm³/mol. The Labute approximate surface area is 129 Å². The van der Waals surface area contributed by atoms with E-state index in [-0.39, 0.29) is 12.0 Å². The molecule has 0 saturated heterocycles. The summed E-state index contributed by atoms with van der Waals surface area (Å²) in [6.45, 7) is 1.93. The second-order valence-corrected chi connectivity index (χ2v) is 6.57. The lowest BCUT2D eigenvalue weighted by molar-refractivity contribution is -0.159. The molecule has 106 valence electrons. The Kier molecular flexibility index (Phi) is 3.25. The van der Waals surface area contributed by atoms with E-state index in [0.29, 0.717) is 5.15 Å². The lowest BCUT2D eigenvalue weighted by Gasteiger charge is -2.43. The zero-order chi connectivity index (χ0) is 14.5. The van der Waals surface area contributed by atoms with Crippen LogP contribution in [0.4, 0.5) is 0 Å². The van der Waals surface area contributed by atoms with Gasteiger partial charge in [0.25, 0.3) is 0 Å². The van der Waals surface area contributed by atoms with Gasteiger partial charge >= 0.3 is 5.97 Å². The quantitative estimate of drug-likeness (QED) is 0.610. The molecule has 0 atom stereocenters. The van der Waals surface area contributed by atoms with Crippen LogP contribution in [-0.2, 0) is 9.53 Å². The maximum atomic E-state index is 11.7. The van der Waals surface area contributed by atoms with Crippen LogP contribution in [0.5, 0.6) is 0 Å². The van der Waals surface area contributed by atoms with Crippen molar-refractivity contribution in [3.8, 4) is 0 Å². The summed E-state index contributed by atoms with van der Waals surface area (Å²) in [7, 11) is 1.43. The van der Waals surface area contributed by atoms with E-state index in [0.717, 1.165) is 28.3 Å². The molecule has 5 nitrogen and oxygen atoms in total. The van der Waals surface area contributed by atoms with E-state index in [1.807, 2.05) is 13.1 Å². The average Bonchev–Trinajstić information content (AvgIpc) is 2.72. The topological polar surface area (TPSA) is 57.0 Å². The number of fused-ring (bicyclic) bond motifs is 1. The minimum atomic E-state index is -0.403. The maximum absolute atomic E-state index is 11.7. The van der Waals surface area contributed by atoms with Crippen LogP contribution in [0.2, 0.25) is 5.15 Å². The fourth-order valence-electron chi connectivity index (χ4n) is 2.87. The smallest absolute Gasteiger partial charge is 0.311 e. The number of hydrogen-bond acceptors (Lipinski definition) is 4. The first-order valence-corrected chi connectivity index (χ1v) is 7.38. The standard InChI is InChI=1S/C13H13BrClN3O2/c1-13(12(19)20-2)3-7(4-13)18-5-8(14)9-10(15)16-6-17-11(9)18/h5-7H,3-4H2,1-2H3. The maximum Gasteiger partial charge on any atom is 0.311 e. The van der Waals surface area contributed by atoms with Gasteiger partial charge in [0, 0.05) is 16.7 Å². The summed E-state index contributed by atoms with van der Waals surface area (Å²) in [5, 5.41) is 1.23. The van der Waals surface area contributed by atoms with E-state index < -0.39 is 5.41 Å². The third-order valence-corrected chi connectivity index (χ3v) is 4.85. The zero-order valence-electron chi connectivity index (χ0n) is 11.1. The third-order valence-electron chi connectivity index (χ3n) is 3.96. The van der Waals surface area contributed by atoms with Gasteiger partial charge in [-0.15, -0.1) is 0 Å². The summed E-state index contributed by atoms with van der Waals surface area (Å²) in [5.41, 5.74) is 0.382. The van der Waals surface area contributed by atoms with Crippen LogP contribution < -0.4 is 0 Å². The summed E-state index contributed by atoms with van der Waals surface area (Å²) in [5.74, 6) is -0.156. The van der Waals surface area contributed by atoms with Crippen LogP contribution in [0, 0.1) is 5.41 Å². The third kappa shape index (κ3) is 1.93. The highest BCUT2D eigenvalue weighted by Crippen LogP contribution is 2.50. The Morgan fingerprint density at radius 1 is 1.55 bits per heavy atom. The Morgan fingerprint density at radius 2 is 2.25 bits per heavy atom.